The van der Waals surface area contributed by atoms with Gasteiger partial charge >= 0.3 is 5.97 Å². The number of aliphatic carboxylic acids is 1. The van der Waals surface area contributed by atoms with Crippen LogP contribution in [-0.2, 0) is 11.2 Å². The fourth-order valence-corrected chi connectivity index (χ4v) is 1.98. The van der Waals surface area contributed by atoms with Crippen LogP contribution in [0, 0.1) is 0 Å². The zero-order valence-electron chi connectivity index (χ0n) is 9.36. The van der Waals surface area contributed by atoms with Gasteiger partial charge in [0.25, 0.3) is 0 Å². The first kappa shape index (κ1) is 11.4. The van der Waals surface area contributed by atoms with Crippen LogP contribution < -0.4 is 9.47 Å². The zero-order valence-corrected chi connectivity index (χ0v) is 9.36. The second-order valence-corrected chi connectivity index (χ2v) is 3.73. The molecule has 0 atom stereocenters. The van der Waals surface area contributed by atoms with Crippen molar-refractivity contribution in [1.29, 1.82) is 0 Å². The number of carbonyl (C=O) groups is 2. The highest BCUT2D eigenvalue weighted by molar-refractivity contribution is 6.03. The molecule has 1 aromatic rings. The average molecular weight is 236 g/mol. The Labute approximate surface area is 98.0 Å². The van der Waals surface area contributed by atoms with E-state index in [9.17, 15) is 9.59 Å². The van der Waals surface area contributed by atoms with Crippen LogP contribution in [0.25, 0.3) is 0 Å². The molecule has 1 aromatic carbocycles. The van der Waals surface area contributed by atoms with Crippen molar-refractivity contribution < 1.29 is 24.2 Å². The summed E-state index contributed by atoms with van der Waals surface area (Å²) in [4.78, 5) is 22.2. The van der Waals surface area contributed by atoms with E-state index in [-0.39, 0.29) is 5.78 Å². The normalized spacial score (nSPS) is 13.4. The summed E-state index contributed by atoms with van der Waals surface area (Å²) < 4.78 is 10.3. The van der Waals surface area contributed by atoms with Crippen molar-refractivity contribution in [3.8, 4) is 11.5 Å². The van der Waals surface area contributed by atoms with Crippen LogP contribution in [0.5, 0.6) is 11.5 Å². The minimum absolute atomic E-state index is 0.0284. The summed E-state index contributed by atoms with van der Waals surface area (Å²) in [6, 6.07) is 3.26. The van der Waals surface area contributed by atoms with Gasteiger partial charge in [-0.3, -0.25) is 4.79 Å². The number of rotatable bonds is 4. The fraction of sp³-hybridized carbons (Fsp3) is 0.333. The molecule has 0 aromatic heterocycles. The lowest BCUT2D eigenvalue weighted by atomic mass is 10.1. The highest BCUT2D eigenvalue weighted by Gasteiger charge is 2.27. The van der Waals surface area contributed by atoms with Gasteiger partial charge in [-0.2, -0.15) is 0 Å². The van der Waals surface area contributed by atoms with Crippen molar-refractivity contribution in [2.75, 3.05) is 13.7 Å². The molecule has 0 bridgehead atoms. The van der Waals surface area contributed by atoms with E-state index in [2.05, 4.69) is 0 Å². The largest absolute Gasteiger partial charge is 0.496 e. The summed E-state index contributed by atoms with van der Waals surface area (Å²) in [6.07, 6.45) is 1.03. The number of carboxylic acid groups (broad SMARTS) is 1. The highest BCUT2D eigenvalue weighted by Crippen LogP contribution is 2.36. The SMILES string of the molecule is COc1ccc(OCC(=O)O)c2c1CCC2=O. The number of benzene rings is 1. The number of hydrogen-bond donors (Lipinski definition) is 1. The molecule has 1 aliphatic rings. The monoisotopic (exact) mass is 236 g/mol. The minimum atomic E-state index is -1.07. The number of hydrogen-bond acceptors (Lipinski definition) is 4. The molecule has 0 unspecified atom stereocenters. The molecule has 0 fully saturated rings. The highest BCUT2D eigenvalue weighted by atomic mass is 16.5. The summed E-state index contributed by atoms with van der Waals surface area (Å²) in [7, 11) is 1.54. The van der Waals surface area contributed by atoms with E-state index in [0.717, 1.165) is 5.56 Å². The quantitative estimate of drug-likeness (QED) is 0.852. The molecule has 5 nitrogen and oxygen atoms in total. The Morgan fingerprint density at radius 1 is 1.35 bits per heavy atom. The third kappa shape index (κ3) is 2.08. The van der Waals surface area contributed by atoms with Crippen molar-refractivity contribution >= 4 is 11.8 Å². The van der Waals surface area contributed by atoms with E-state index in [1.807, 2.05) is 0 Å². The van der Waals surface area contributed by atoms with E-state index in [0.29, 0.717) is 29.9 Å². The Morgan fingerprint density at radius 3 is 2.71 bits per heavy atom. The molecule has 0 radical (unpaired) electrons. The van der Waals surface area contributed by atoms with Gasteiger partial charge in [-0.25, -0.2) is 4.79 Å². The molecule has 1 N–H and O–H groups in total. The smallest absolute Gasteiger partial charge is 0.341 e. The number of carbonyl (C=O) groups excluding carboxylic acids is 1. The van der Waals surface area contributed by atoms with Crippen molar-refractivity contribution in [2.45, 2.75) is 12.8 Å². The van der Waals surface area contributed by atoms with Crippen LogP contribution in [-0.4, -0.2) is 30.6 Å². The van der Waals surface area contributed by atoms with Crippen molar-refractivity contribution in [3.63, 3.8) is 0 Å². The standard InChI is InChI=1S/C12H12O5/c1-16-9-4-5-10(17-6-11(14)15)12-7(9)2-3-8(12)13/h4-5H,2-3,6H2,1H3,(H,14,15). The first-order chi connectivity index (χ1) is 8.13. The predicted molar refractivity (Wildman–Crippen MR) is 58.8 cm³/mol. The van der Waals surface area contributed by atoms with Gasteiger partial charge in [-0.15, -0.1) is 0 Å². The molecule has 0 saturated carbocycles. The number of Topliss-reactive ketones (excluding diaryl/α,β-unsaturated/α-hetero) is 1. The molecule has 0 aliphatic heterocycles. The van der Waals surface area contributed by atoms with Crippen LogP contribution in [0.15, 0.2) is 12.1 Å². The summed E-state index contributed by atoms with van der Waals surface area (Å²) in [6.45, 7) is -0.452. The summed E-state index contributed by atoms with van der Waals surface area (Å²) >= 11 is 0. The van der Waals surface area contributed by atoms with Crippen molar-refractivity contribution in [1.82, 2.24) is 0 Å². The molecule has 0 amide bonds. The fourth-order valence-electron chi connectivity index (χ4n) is 1.98. The van der Waals surface area contributed by atoms with Gasteiger partial charge in [0, 0.05) is 12.0 Å². The lowest BCUT2D eigenvalue weighted by Gasteiger charge is -2.11. The molecule has 1 aliphatic carbocycles. The Kier molecular flexibility index (Phi) is 2.99. The number of fused-ring (bicyclic) bond motifs is 1. The van der Waals surface area contributed by atoms with Gasteiger partial charge in [0.15, 0.2) is 12.4 Å². The molecule has 90 valence electrons. The van der Waals surface area contributed by atoms with Crippen LogP contribution in [0.3, 0.4) is 0 Å². The van der Waals surface area contributed by atoms with E-state index >= 15 is 0 Å². The zero-order chi connectivity index (χ0) is 12.4. The molecule has 2 rings (SSSR count). The van der Waals surface area contributed by atoms with Gasteiger partial charge in [-0.1, -0.05) is 0 Å². The Balaban J connectivity index is 2.38. The number of ketones is 1. The third-order valence-electron chi connectivity index (χ3n) is 2.68. The maximum Gasteiger partial charge on any atom is 0.341 e. The minimum Gasteiger partial charge on any atom is -0.496 e. The van der Waals surface area contributed by atoms with Gasteiger partial charge in [0.1, 0.15) is 11.5 Å². The predicted octanol–water partition coefficient (Wildman–Crippen LogP) is 1.29. The molecule has 5 heteroatoms. The van der Waals surface area contributed by atoms with E-state index < -0.39 is 12.6 Å². The second-order valence-electron chi connectivity index (χ2n) is 3.73. The first-order valence-corrected chi connectivity index (χ1v) is 5.21. The maximum atomic E-state index is 11.7. The van der Waals surface area contributed by atoms with E-state index in [1.165, 1.54) is 7.11 Å². The van der Waals surface area contributed by atoms with Gasteiger partial charge in [0.2, 0.25) is 0 Å². The van der Waals surface area contributed by atoms with Crippen molar-refractivity contribution in [2.24, 2.45) is 0 Å². The summed E-state index contributed by atoms with van der Waals surface area (Å²) in [5, 5.41) is 8.56. The van der Waals surface area contributed by atoms with Crippen LogP contribution >= 0.6 is 0 Å². The van der Waals surface area contributed by atoms with Gasteiger partial charge < -0.3 is 14.6 Å². The third-order valence-corrected chi connectivity index (χ3v) is 2.68. The summed E-state index contributed by atoms with van der Waals surface area (Å²) in [5.41, 5.74) is 1.27. The van der Waals surface area contributed by atoms with Gasteiger partial charge in [-0.05, 0) is 18.6 Å². The lowest BCUT2D eigenvalue weighted by Crippen LogP contribution is -2.11. The molecular formula is C12H12O5. The summed E-state index contributed by atoms with van der Waals surface area (Å²) in [5.74, 6) is -0.126. The topological polar surface area (TPSA) is 72.8 Å². The second kappa shape index (κ2) is 4.45. The Bertz CT molecular complexity index is 478. The molecular weight excluding hydrogens is 224 g/mol. The van der Waals surface area contributed by atoms with Crippen LogP contribution in [0.4, 0.5) is 0 Å². The van der Waals surface area contributed by atoms with Gasteiger partial charge in [0.05, 0.1) is 12.7 Å². The molecule has 0 saturated heterocycles. The van der Waals surface area contributed by atoms with E-state index in [4.69, 9.17) is 14.6 Å². The number of methoxy groups -OCH3 is 1. The van der Waals surface area contributed by atoms with Crippen LogP contribution in [0.1, 0.15) is 22.3 Å². The first-order valence-electron chi connectivity index (χ1n) is 5.21. The molecule has 0 heterocycles. The molecule has 17 heavy (non-hydrogen) atoms. The number of ether oxygens (including phenoxy) is 2. The molecule has 0 spiro atoms. The Morgan fingerprint density at radius 2 is 2.06 bits per heavy atom. The van der Waals surface area contributed by atoms with Crippen molar-refractivity contribution in [3.05, 3.63) is 23.3 Å². The van der Waals surface area contributed by atoms with E-state index in [1.54, 1.807) is 12.1 Å². The van der Waals surface area contributed by atoms with Crippen LogP contribution in [0.2, 0.25) is 0 Å². The number of carboxylic acids is 1. The average Bonchev–Trinajstić information content (AvgIpc) is 2.69. The maximum absolute atomic E-state index is 11.7. The Hall–Kier alpha value is -2.04. The lowest BCUT2D eigenvalue weighted by molar-refractivity contribution is -0.139.